The minimum absolute atomic E-state index is 0.0730. The zero-order valence-corrected chi connectivity index (χ0v) is 12.4. The van der Waals surface area contributed by atoms with Crippen LogP contribution in [0, 0.1) is 5.82 Å². The number of hydrogen-bond donors (Lipinski definition) is 1. The first kappa shape index (κ1) is 15.3. The van der Waals surface area contributed by atoms with Gasteiger partial charge in [-0.05, 0) is 36.8 Å². The summed E-state index contributed by atoms with van der Waals surface area (Å²) < 4.78 is 13.8. The number of aromatic hydroxyl groups is 1. The van der Waals surface area contributed by atoms with Crippen LogP contribution in [0.15, 0.2) is 42.5 Å². The van der Waals surface area contributed by atoms with Gasteiger partial charge in [0.1, 0.15) is 11.6 Å². The Hall–Kier alpha value is -2.07. The SMILES string of the molecule is CC(c1ccc(Cl)cc1)N(C)C(=O)c1ccc(O)cc1F. The lowest BCUT2D eigenvalue weighted by molar-refractivity contribution is 0.0738. The van der Waals surface area contributed by atoms with Crippen LogP contribution >= 0.6 is 11.6 Å². The smallest absolute Gasteiger partial charge is 0.257 e. The molecule has 0 aliphatic carbocycles. The molecule has 2 aromatic carbocycles. The van der Waals surface area contributed by atoms with Crippen LogP contribution in [0.25, 0.3) is 0 Å². The van der Waals surface area contributed by atoms with Gasteiger partial charge in [-0.3, -0.25) is 4.79 Å². The van der Waals surface area contributed by atoms with E-state index in [0.717, 1.165) is 11.6 Å². The van der Waals surface area contributed by atoms with E-state index in [2.05, 4.69) is 0 Å². The average Bonchev–Trinajstić information content (AvgIpc) is 2.46. The maximum atomic E-state index is 13.8. The highest BCUT2D eigenvalue weighted by Gasteiger charge is 2.21. The molecule has 0 saturated heterocycles. The molecule has 21 heavy (non-hydrogen) atoms. The quantitative estimate of drug-likeness (QED) is 0.930. The van der Waals surface area contributed by atoms with Crippen molar-refractivity contribution >= 4 is 17.5 Å². The van der Waals surface area contributed by atoms with Crippen molar-refractivity contribution < 1.29 is 14.3 Å². The van der Waals surface area contributed by atoms with Gasteiger partial charge in [-0.2, -0.15) is 0 Å². The second-order valence-corrected chi connectivity index (χ2v) is 5.24. The predicted octanol–water partition coefficient (Wildman–Crippen LogP) is 4.02. The van der Waals surface area contributed by atoms with E-state index in [1.54, 1.807) is 19.2 Å². The van der Waals surface area contributed by atoms with Crippen LogP contribution in [-0.2, 0) is 0 Å². The molecule has 0 saturated carbocycles. The van der Waals surface area contributed by atoms with E-state index in [1.807, 2.05) is 19.1 Å². The monoisotopic (exact) mass is 307 g/mol. The molecule has 0 aliphatic rings. The van der Waals surface area contributed by atoms with Gasteiger partial charge in [-0.15, -0.1) is 0 Å². The summed E-state index contributed by atoms with van der Waals surface area (Å²) in [4.78, 5) is 13.8. The Morgan fingerprint density at radius 3 is 2.43 bits per heavy atom. The molecular formula is C16H15ClFNO2. The number of hydrogen-bond acceptors (Lipinski definition) is 2. The third-order valence-electron chi connectivity index (χ3n) is 3.44. The van der Waals surface area contributed by atoms with Gasteiger partial charge in [0.05, 0.1) is 11.6 Å². The van der Waals surface area contributed by atoms with Crippen LogP contribution in [-0.4, -0.2) is 23.0 Å². The number of halogens is 2. The molecule has 2 rings (SSSR count). The van der Waals surface area contributed by atoms with Crippen molar-refractivity contribution in [2.45, 2.75) is 13.0 Å². The molecule has 0 spiro atoms. The molecule has 0 radical (unpaired) electrons. The standard InChI is InChI=1S/C16H15ClFNO2/c1-10(11-3-5-12(17)6-4-11)19(2)16(21)14-8-7-13(20)9-15(14)18/h3-10,20H,1-2H3. The van der Waals surface area contributed by atoms with Gasteiger partial charge in [0.15, 0.2) is 0 Å². The number of phenolic OH excluding ortho intramolecular Hbond substituents is 1. The maximum Gasteiger partial charge on any atom is 0.257 e. The van der Waals surface area contributed by atoms with Crippen molar-refractivity contribution in [3.8, 4) is 5.75 Å². The molecule has 1 amide bonds. The number of benzene rings is 2. The van der Waals surface area contributed by atoms with Crippen LogP contribution < -0.4 is 0 Å². The van der Waals surface area contributed by atoms with Gasteiger partial charge in [0.25, 0.3) is 5.91 Å². The number of nitrogens with zero attached hydrogens (tertiary/aromatic N) is 1. The molecule has 3 nitrogen and oxygen atoms in total. The largest absolute Gasteiger partial charge is 0.508 e. The number of carbonyl (C=O) groups excluding carboxylic acids is 1. The third-order valence-corrected chi connectivity index (χ3v) is 3.69. The molecule has 1 unspecified atom stereocenters. The summed E-state index contributed by atoms with van der Waals surface area (Å²) in [5.41, 5.74) is 0.825. The van der Waals surface area contributed by atoms with E-state index >= 15 is 0 Å². The van der Waals surface area contributed by atoms with E-state index in [-0.39, 0.29) is 17.4 Å². The van der Waals surface area contributed by atoms with E-state index < -0.39 is 11.7 Å². The Morgan fingerprint density at radius 1 is 1.24 bits per heavy atom. The van der Waals surface area contributed by atoms with Crippen LogP contribution in [0.3, 0.4) is 0 Å². The molecule has 1 atom stereocenters. The van der Waals surface area contributed by atoms with Gasteiger partial charge in [0.2, 0.25) is 0 Å². The highest BCUT2D eigenvalue weighted by molar-refractivity contribution is 6.30. The van der Waals surface area contributed by atoms with Crippen molar-refractivity contribution in [1.29, 1.82) is 0 Å². The summed E-state index contributed by atoms with van der Waals surface area (Å²) in [7, 11) is 1.61. The second-order valence-electron chi connectivity index (χ2n) is 4.81. The maximum absolute atomic E-state index is 13.8. The first-order valence-electron chi connectivity index (χ1n) is 6.41. The van der Waals surface area contributed by atoms with E-state index in [9.17, 15) is 14.3 Å². The molecule has 1 N–H and O–H groups in total. The summed E-state index contributed by atoms with van der Waals surface area (Å²) in [6, 6.07) is 10.4. The minimum Gasteiger partial charge on any atom is -0.508 e. The fourth-order valence-electron chi connectivity index (χ4n) is 2.01. The van der Waals surface area contributed by atoms with Crippen molar-refractivity contribution in [2.75, 3.05) is 7.05 Å². The lowest BCUT2D eigenvalue weighted by Crippen LogP contribution is -2.30. The lowest BCUT2D eigenvalue weighted by Gasteiger charge is -2.25. The fourth-order valence-corrected chi connectivity index (χ4v) is 2.13. The molecule has 0 bridgehead atoms. The summed E-state index contributed by atoms with van der Waals surface area (Å²) >= 11 is 5.84. The molecule has 5 heteroatoms. The Morgan fingerprint density at radius 2 is 1.86 bits per heavy atom. The minimum atomic E-state index is -0.741. The molecule has 110 valence electrons. The number of phenols is 1. The number of rotatable bonds is 3. The van der Waals surface area contributed by atoms with Gasteiger partial charge in [0, 0.05) is 18.1 Å². The summed E-state index contributed by atoms with van der Waals surface area (Å²) in [5, 5.41) is 9.81. The van der Waals surface area contributed by atoms with E-state index in [0.29, 0.717) is 5.02 Å². The summed E-state index contributed by atoms with van der Waals surface area (Å²) in [6.07, 6.45) is 0. The van der Waals surface area contributed by atoms with Gasteiger partial charge in [-0.1, -0.05) is 23.7 Å². The van der Waals surface area contributed by atoms with Crippen LogP contribution in [0.5, 0.6) is 5.75 Å². The Balaban J connectivity index is 2.24. The molecule has 0 aliphatic heterocycles. The molecule has 0 aromatic heterocycles. The van der Waals surface area contributed by atoms with Crippen molar-refractivity contribution in [3.05, 3.63) is 64.4 Å². The Labute approximate surface area is 127 Å². The fraction of sp³-hybridized carbons (Fsp3) is 0.188. The first-order chi connectivity index (χ1) is 9.90. The Kier molecular flexibility index (Phi) is 4.48. The Bertz CT molecular complexity index is 658. The van der Waals surface area contributed by atoms with Gasteiger partial charge in [-0.25, -0.2) is 4.39 Å². The van der Waals surface area contributed by atoms with Crippen molar-refractivity contribution in [3.63, 3.8) is 0 Å². The molecule has 2 aromatic rings. The topological polar surface area (TPSA) is 40.5 Å². The van der Waals surface area contributed by atoms with Gasteiger partial charge >= 0.3 is 0 Å². The highest BCUT2D eigenvalue weighted by Crippen LogP contribution is 2.24. The predicted molar refractivity (Wildman–Crippen MR) is 80.0 cm³/mol. The normalized spacial score (nSPS) is 12.0. The zero-order valence-electron chi connectivity index (χ0n) is 11.7. The third kappa shape index (κ3) is 3.34. The van der Waals surface area contributed by atoms with Crippen molar-refractivity contribution in [1.82, 2.24) is 4.90 Å². The number of carbonyl (C=O) groups is 1. The van der Waals surface area contributed by atoms with E-state index in [1.165, 1.54) is 17.0 Å². The summed E-state index contributed by atoms with van der Waals surface area (Å²) in [6.45, 7) is 1.85. The second kappa shape index (κ2) is 6.14. The molecule has 0 fully saturated rings. The molecule has 0 heterocycles. The van der Waals surface area contributed by atoms with E-state index in [4.69, 9.17) is 11.6 Å². The van der Waals surface area contributed by atoms with Crippen LogP contribution in [0.2, 0.25) is 5.02 Å². The van der Waals surface area contributed by atoms with Crippen LogP contribution in [0.4, 0.5) is 4.39 Å². The lowest BCUT2D eigenvalue weighted by atomic mass is 10.1. The highest BCUT2D eigenvalue weighted by atomic mass is 35.5. The van der Waals surface area contributed by atoms with Crippen molar-refractivity contribution in [2.24, 2.45) is 0 Å². The zero-order chi connectivity index (χ0) is 15.6. The average molecular weight is 308 g/mol. The van der Waals surface area contributed by atoms with Crippen LogP contribution in [0.1, 0.15) is 28.9 Å². The first-order valence-corrected chi connectivity index (χ1v) is 6.79. The summed E-state index contributed by atoms with van der Waals surface area (Å²) in [5.74, 6) is -1.40. The number of amides is 1. The van der Waals surface area contributed by atoms with Gasteiger partial charge < -0.3 is 10.0 Å². The molecular weight excluding hydrogens is 293 g/mol.